The molecule has 1 saturated heterocycles. The van der Waals surface area contributed by atoms with Gasteiger partial charge in [0.1, 0.15) is 0 Å². The van der Waals surface area contributed by atoms with E-state index >= 15 is 0 Å². The molecule has 2 rings (SSSR count). The molecular weight excluding hydrogens is 232 g/mol. The lowest BCUT2D eigenvalue weighted by Gasteiger charge is -2.37. The summed E-state index contributed by atoms with van der Waals surface area (Å²) in [6, 6.07) is 7.16. The number of hydrogen-bond donors (Lipinski definition) is 1. The third-order valence-corrected chi connectivity index (χ3v) is 4.67. The summed E-state index contributed by atoms with van der Waals surface area (Å²) in [5.74, 6) is 0.925. The number of nitrogens with zero attached hydrogens (tertiary/aromatic N) is 1. The second kappa shape index (κ2) is 6.53. The molecule has 1 fully saturated rings. The lowest BCUT2D eigenvalue weighted by Crippen LogP contribution is -2.40. The van der Waals surface area contributed by atoms with Gasteiger partial charge in [-0.25, -0.2) is 0 Å². The molecule has 0 aliphatic carbocycles. The summed E-state index contributed by atoms with van der Waals surface area (Å²) in [5, 5.41) is 0. The van der Waals surface area contributed by atoms with Crippen molar-refractivity contribution >= 4 is 0 Å². The minimum Gasteiger partial charge on any atom is -0.329 e. The zero-order valence-corrected chi connectivity index (χ0v) is 12.7. The Morgan fingerprint density at radius 2 is 1.95 bits per heavy atom. The van der Waals surface area contributed by atoms with Crippen molar-refractivity contribution in [3.8, 4) is 0 Å². The molecule has 2 N–H and O–H groups in total. The van der Waals surface area contributed by atoms with Crippen LogP contribution in [0.4, 0.5) is 0 Å². The summed E-state index contributed by atoms with van der Waals surface area (Å²) < 4.78 is 0. The van der Waals surface area contributed by atoms with Gasteiger partial charge in [-0.15, -0.1) is 0 Å². The number of aryl methyl sites for hydroxylation is 2. The molecule has 0 bridgehead atoms. The van der Waals surface area contributed by atoms with Crippen molar-refractivity contribution in [2.45, 2.75) is 46.1 Å². The Bertz CT molecular complexity index is 406. The molecule has 0 radical (unpaired) electrons. The molecule has 1 aromatic carbocycles. The normalized spacial score (nSPS) is 19.6. The fraction of sp³-hybridized carbons (Fsp3) is 0.647. The number of rotatable bonds is 4. The molecule has 0 amide bonds. The average molecular weight is 260 g/mol. The van der Waals surface area contributed by atoms with Crippen LogP contribution in [0.3, 0.4) is 0 Å². The third-order valence-electron chi connectivity index (χ3n) is 4.67. The predicted molar refractivity (Wildman–Crippen MR) is 82.3 cm³/mol. The Kier molecular flexibility index (Phi) is 5.00. The second-order valence-electron chi connectivity index (χ2n) is 6.00. The van der Waals surface area contributed by atoms with Gasteiger partial charge in [-0.05, 0) is 56.8 Å². The minimum atomic E-state index is 0.401. The van der Waals surface area contributed by atoms with Crippen LogP contribution in [0.25, 0.3) is 0 Å². The van der Waals surface area contributed by atoms with Crippen LogP contribution in [0.1, 0.15) is 48.9 Å². The summed E-state index contributed by atoms with van der Waals surface area (Å²) in [5.41, 5.74) is 10.2. The molecule has 2 heteroatoms. The van der Waals surface area contributed by atoms with Gasteiger partial charge < -0.3 is 5.73 Å². The summed E-state index contributed by atoms with van der Waals surface area (Å²) in [6.07, 6.45) is 3.99. The van der Waals surface area contributed by atoms with Crippen molar-refractivity contribution in [1.29, 1.82) is 0 Å². The van der Waals surface area contributed by atoms with Crippen molar-refractivity contribution in [1.82, 2.24) is 4.90 Å². The van der Waals surface area contributed by atoms with Crippen molar-refractivity contribution < 1.29 is 0 Å². The van der Waals surface area contributed by atoms with Crippen LogP contribution in [0.15, 0.2) is 18.2 Å². The van der Waals surface area contributed by atoms with E-state index in [2.05, 4.69) is 43.9 Å². The van der Waals surface area contributed by atoms with E-state index in [-0.39, 0.29) is 0 Å². The number of nitrogens with two attached hydrogens (primary N) is 1. The van der Waals surface area contributed by atoms with Crippen LogP contribution in [0.5, 0.6) is 0 Å². The zero-order chi connectivity index (χ0) is 13.8. The first-order chi connectivity index (χ1) is 9.15. The van der Waals surface area contributed by atoms with Gasteiger partial charge in [-0.2, -0.15) is 0 Å². The smallest absolute Gasteiger partial charge is 0.0473 e. The lowest BCUT2D eigenvalue weighted by atomic mass is 9.91. The fourth-order valence-electron chi connectivity index (χ4n) is 3.35. The molecule has 106 valence electrons. The quantitative estimate of drug-likeness (QED) is 0.898. The number of benzene rings is 1. The van der Waals surface area contributed by atoms with Crippen LogP contribution >= 0.6 is 0 Å². The number of likely N-dealkylation sites (tertiary alicyclic amines) is 1. The Hall–Kier alpha value is -0.860. The predicted octanol–water partition coefficient (Wildman–Crippen LogP) is 3.43. The Morgan fingerprint density at radius 3 is 2.47 bits per heavy atom. The Morgan fingerprint density at radius 1 is 1.26 bits per heavy atom. The van der Waals surface area contributed by atoms with E-state index in [0.29, 0.717) is 6.04 Å². The first-order valence-corrected chi connectivity index (χ1v) is 7.67. The van der Waals surface area contributed by atoms with Gasteiger partial charge in [0.05, 0.1) is 0 Å². The Balaban J connectivity index is 2.12. The monoisotopic (exact) mass is 260 g/mol. The van der Waals surface area contributed by atoms with Gasteiger partial charge in [-0.3, -0.25) is 4.90 Å². The molecule has 1 unspecified atom stereocenters. The molecule has 1 atom stereocenters. The Labute approximate surface area is 118 Å². The highest BCUT2D eigenvalue weighted by atomic mass is 15.2. The van der Waals surface area contributed by atoms with E-state index < -0.39 is 0 Å². The van der Waals surface area contributed by atoms with E-state index in [1.54, 1.807) is 0 Å². The minimum absolute atomic E-state index is 0.401. The van der Waals surface area contributed by atoms with Gasteiger partial charge in [0.15, 0.2) is 0 Å². The van der Waals surface area contributed by atoms with Crippen LogP contribution in [0, 0.1) is 19.8 Å². The molecule has 1 aliphatic rings. The first-order valence-electron chi connectivity index (χ1n) is 7.67. The van der Waals surface area contributed by atoms with Gasteiger partial charge in [-0.1, -0.05) is 37.1 Å². The molecule has 1 aliphatic heterocycles. The van der Waals surface area contributed by atoms with Gasteiger partial charge >= 0.3 is 0 Å². The van der Waals surface area contributed by atoms with Crippen molar-refractivity contribution in [2.24, 2.45) is 11.7 Å². The van der Waals surface area contributed by atoms with Crippen LogP contribution in [-0.2, 0) is 0 Å². The van der Waals surface area contributed by atoms with Crippen LogP contribution < -0.4 is 5.73 Å². The van der Waals surface area contributed by atoms with Crippen molar-refractivity contribution in [3.63, 3.8) is 0 Å². The van der Waals surface area contributed by atoms with Crippen molar-refractivity contribution in [3.05, 3.63) is 34.9 Å². The fourth-order valence-corrected chi connectivity index (χ4v) is 3.35. The van der Waals surface area contributed by atoms with Gasteiger partial charge in [0, 0.05) is 12.6 Å². The van der Waals surface area contributed by atoms with E-state index in [0.717, 1.165) is 12.5 Å². The topological polar surface area (TPSA) is 29.3 Å². The summed E-state index contributed by atoms with van der Waals surface area (Å²) >= 11 is 0. The maximum atomic E-state index is 6.07. The molecule has 0 aromatic heterocycles. The SMILES string of the molecule is CCC1CCN(C(CN)c2ccc(C)cc2C)CC1. The molecule has 0 saturated carbocycles. The van der Waals surface area contributed by atoms with E-state index in [1.807, 2.05) is 0 Å². The highest BCUT2D eigenvalue weighted by molar-refractivity contribution is 5.33. The molecule has 19 heavy (non-hydrogen) atoms. The highest BCUT2D eigenvalue weighted by Gasteiger charge is 2.25. The largest absolute Gasteiger partial charge is 0.329 e. The van der Waals surface area contributed by atoms with E-state index in [9.17, 15) is 0 Å². The van der Waals surface area contributed by atoms with Crippen molar-refractivity contribution in [2.75, 3.05) is 19.6 Å². The van der Waals surface area contributed by atoms with Gasteiger partial charge in [0.25, 0.3) is 0 Å². The maximum Gasteiger partial charge on any atom is 0.0473 e. The highest BCUT2D eigenvalue weighted by Crippen LogP contribution is 2.29. The summed E-state index contributed by atoms with van der Waals surface area (Å²) in [7, 11) is 0. The van der Waals surface area contributed by atoms with Crippen LogP contribution in [0.2, 0.25) is 0 Å². The molecule has 0 spiro atoms. The molecular formula is C17H28N2. The van der Waals surface area contributed by atoms with E-state index in [4.69, 9.17) is 5.73 Å². The molecule has 1 heterocycles. The number of hydrogen-bond acceptors (Lipinski definition) is 2. The van der Waals surface area contributed by atoms with E-state index in [1.165, 1.54) is 49.0 Å². The lowest BCUT2D eigenvalue weighted by molar-refractivity contribution is 0.133. The first kappa shape index (κ1) is 14.5. The zero-order valence-electron chi connectivity index (χ0n) is 12.7. The number of piperidine rings is 1. The molecule has 1 aromatic rings. The summed E-state index contributed by atoms with van der Waals surface area (Å²) in [6.45, 7) is 9.80. The standard InChI is InChI=1S/C17H28N2/c1-4-15-7-9-19(10-8-15)17(12-18)16-6-5-13(2)11-14(16)3/h5-6,11,15,17H,4,7-10,12,18H2,1-3H3. The molecule has 2 nitrogen and oxygen atoms in total. The third kappa shape index (κ3) is 3.37. The summed E-state index contributed by atoms with van der Waals surface area (Å²) in [4.78, 5) is 2.59. The average Bonchev–Trinajstić information content (AvgIpc) is 2.42. The van der Waals surface area contributed by atoms with Gasteiger partial charge in [0.2, 0.25) is 0 Å². The van der Waals surface area contributed by atoms with Crippen LogP contribution in [-0.4, -0.2) is 24.5 Å². The second-order valence-corrected chi connectivity index (χ2v) is 6.00. The maximum absolute atomic E-state index is 6.07.